The third kappa shape index (κ3) is 2.65. The molecule has 5 nitrogen and oxygen atoms in total. The van der Waals surface area contributed by atoms with Crippen LogP contribution >= 0.6 is 11.3 Å². The summed E-state index contributed by atoms with van der Waals surface area (Å²) in [5, 5.41) is 3.78. The van der Waals surface area contributed by atoms with Gasteiger partial charge in [0.15, 0.2) is 5.13 Å². The maximum atomic E-state index is 11.5. The second-order valence-electron chi connectivity index (χ2n) is 3.80. The van der Waals surface area contributed by atoms with Crippen LogP contribution in [0.2, 0.25) is 0 Å². The van der Waals surface area contributed by atoms with Crippen molar-refractivity contribution in [3.8, 4) is 0 Å². The van der Waals surface area contributed by atoms with Gasteiger partial charge in [-0.25, -0.2) is 9.78 Å². The van der Waals surface area contributed by atoms with E-state index in [1.807, 2.05) is 13.0 Å². The number of esters is 1. The summed E-state index contributed by atoms with van der Waals surface area (Å²) >= 11 is 1.27. The van der Waals surface area contributed by atoms with Crippen molar-refractivity contribution in [3.63, 3.8) is 0 Å². The number of carbonyl (C=O) groups is 1. The molecule has 0 aliphatic rings. The molecule has 0 atom stereocenters. The average molecular weight is 263 g/mol. The molecule has 2 heterocycles. The number of rotatable bonds is 3. The Morgan fingerprint density at radius 3 is 2.83 bits per heavy atom. The minimum atomic E-state index is -0.361. The zero-order valence-electron chi connectivity index (χ0n) is 10.4. The summed E-state index contributed by atoms with van der Waals surface area (Å²) in [4.78, 5) is 20.3. The van der Waals surface area contributed by atoms with E-state index in [1.54, 1.807) is 19.3 Å². The number of nitrogens with zero attached hydrogens (tertiary/aromatic N) is 2. The highest BCUT2D eigenvalue weighted by Crippen LogP contribution is 2.26. The van der Waals surface area contributed by atoms with Gasteiger partial charge in [-0.3, -0.25) is 4.98 Å². The highest BCUT2D eigenvalue weighted by atomic mass is 32.1. The zero-order chi connectivity index (χ0) is 13.1. The number of thiazole rings is 1. The quantitative estimate of drug-likeness (QED) is 0.862. The maximum Gasteiger partial charge on any atom is 0.350 e. The minimum absolute atomic E-state index is 0.361. The van der Waals surface area contributed by atoms with Crippen molar-refractivity contribution in [2.45, 2.75) is 13.8 Å². The third-order valence-electron chi connectivity index (χ3n) is 2.29. The highest BCUT2D eigenvalue weighted by molar-refractivity contribution is 7.17. The Hall–Kier alpha value is -1.95. The number of hydrogen-bond acceptors (Lipinski definition) is 6. The third-order valence-corrected chi connectivity index (χ3v) is 3.35. The van der Waals surface area contributed by atoms with Gasteiger partial charge in [0.2, 0.25) is 0 Å². The summed E-state index contributed by atoms with van der Waals surface area (Å²) in [5.74, 6) is -0.361. The molecule has 0 saturated heterocycles. The summed E-state index contributed by atoms with van der Waals surface area (Å²) < 4.78 is 4.69. The van der Waals surface area contributed by atoms with E-state index in [0.29, 0.717) is 15.7 Å². The van der Waals surface area contributed by atoms with Gasteiger partial charge in [-0.2, -0.15) is 0 Å². The van der Waals surface area contributed by atoms with Crippen LogP contribution in [-0.2, 0) is 4.74 Å². The largest absolute Gasteiger partial charge is 0.465 e. The fourth-order valence-electron chi connectivity index (χ4n) is 1.48. The van der Waals surface area contributed by atoms with E-state index in [9.17, 15) is 4.79 Å². The Morgan fingerprint density at radius 2 is 2.17 bits per heavy atom. The lowest BCUT2D eigenvalue weighted by atomic mass is 10.3. The van der Waals surface area contributed by atoms with Crippen LogP contribution in [0.4, 0.5) is 10.8 Å². The van der Waals surface area contributed by atoms with E-state index in [1.165, 1.54) is 18.4 Å². The number of anilines is 2. The first-order valence-corrected chi connectivity index (χ1v) is 6.16. The molecule has 0 radical (unpaired) electrons. The van der Waals surface area contributed by atoms with Gasteiger partial charge in [-0.05, 0) is 25.5 Å². The summed E-state index contributed by atoms with van der Waals surface area (Å²) in [5.41, 5.74) is 2.57. The van der Waals surface area contributed by atoms with E-state index in [-0.39, 0.29) is 5.97 Å². The van der Waals surface area contributed by atoms with Crippen LogP contribution < -0.4 is 5.32 Å². The number of nitrogens with one attached hydrogen (secondary N) is 1. The Labute approximate surface area is 109 Å². The molecule has 0 bridgehead atoms. The standard InChI is InChI=1S/C12H13N3O2S/c1-7-4-9(6-13-5-7)15-12-14-8(2)10(18-12)11(16)17-3/h4-6H,1-3H3,(H,14,15). The molecule has 0 aliphatic carbocycles. The Kier molecular flexibility index (Phi) is 3.57. The van der Waals surface area contributed by atoms with Gasteiger partial charge in [-0.1, -0.05) is 11.3 Å². The summed E-state index contributed by atoms with van der Waals surface area (Å²) in [6.07, 6.45) is 3.49. The zero-order valence-corrected chi connectivity index (χ0v) is 11.2. The minimum Gasteiger partial charge on any atom is -0.465 e. The lowest BCUT2D eigenvalue weighted by Gasteiger charge is -2.01. The van der Waals surface area contributed by atoms with Gasteiger partial charge >= 0.3 is 5.97 Å². The summed E-state index contributed by atoms with van der Waals surface area (Å²) in [7, 11) is 1.36. The Morgan fingerprint density at radius 1 is 1.39 bits per heavy atom. The highest BCUT2D eigenvalue weighted by Gasteiger charge is 2.15. The fraction of sp³-hybridized carbons (Fsp3) is 0.250. The lowest BCUT2D eigenvalue weighted by molar-refractivity contribution is 0.0605. The van der Waals surface area contributed by atoms with E-state index in [2.05, 4.69) is 15.3 Å². The molecule has 0 unspecified atom stereocenters. The molecule has 0 spiro atoms. The predicted octanol–water partition coefficient (Wildman–Crippen LogP) is 2.69. The molecule has 0 amide bonds. The van der Waals surface area contributed by atoms with Crippen LogP contribution in [0.15, 0.2) is 18.5 Å². The van der Waals surface area contributed by atoms with Gasteiger partial charge in [0.1, 0.15) is 4.88 Å². The number of aryl methyl sites for hydroxylation is 2. The number of methoxy groups -OCH3 is 1. The number of ether oxygens (including phenoxy) is 1. The topological polar surface area (TPSA) is 64.1 Å². The predicted molar refractivity (Wildman–Crippen MR) is 70.4 cm³/mol. The maximum absolute atomic E-state index is 11.5. The summed E-state index contributed by atoms with van der Waals surface area (Å²) in [6, 6.07) is 1.96. The molecule has 2 aromatic rings. The van der Waals surface area contributed by atoms with Crippen LogP contribution in [0.5, 0.6) is 0 Å². The van der Waals surface area contributed by atoms with Crippen molar-refractivity contribution in [3.05, 3.63) is 34.6 Å². The van der Waals surface area contributed by atoms with Crippen molar-refractivity contribution >= 4 is 28.1 Å². The van der Waals surface area contributed by atoms with Crippen LogP contribution in [0.3, 0.4) is 0 Å². The first kappa shape index (κ1) is 12.5. The van der Waals surface area contributed by atoms with E-state index < -0.39 is 0 Å². The number of pyridine rings is 1. The molecule has 1 N–H and O–H groups in total. The monoisotopic (exact) mass is 263 g/mol. The van der Waals surface area contributed by atoms with Crippen molar-refractivity contribution in [2.24, 2.45) is 0 Å². The molecule has 0 aliphatic heterocycles. The van der Waals surface area contributed by atoms with Crippen LogP contribution in [0.25, 0.3) is 0 Å². The number of hydrogen-bond donors (Lipinski definition) is 1. The van der Waals surface area contributed by atoms with Crippen molar-refractivity contribution in [2.75, 3.05) is 12.4 Å². The van der Waals surface area contributed by atoms with E-state index in [4.69, 9.17) is 4.74 Å². The smallest absolute Gasteiger partial charge is 0.350 e. The average Bonchev–Trinajstić information content (AvgIpc) is 2.69. The Balaban J connectivity index is 2.23. The lowest BCUT2D eigenvalue weighted by Crippen LogP contribution is -1.99. The molecule has 94 valence electrons. The second-order valence-corrected chi connectivity index (χ2v) is 4.80. The van der Waals surface area contributed by atoms with Crippen molar-refractivity contribution in [1.29, 1.82) is 0 Å². The van der Waals surface area contributed by atoms with Crippen LogP contribution in [0, 0.1) is 13.8 Å². The van der Waals surface area contributed by atoms with Crippen molar-refractivity contribution in [1.82, 2.24) is 9.97 Å². The molecule has 0 saturated carbocycles. The first-order chi connectivity index (χ1) is 8.60. The van der Waals surface area contributed by atoms with E-state index in [0.717, 1.165) is 11.3 Å². The van der Waals surface area contributed by atoms with E-state index >= 15 is 0 Å². The summed E-state index contributed by atoms with van der Waals surface area (Å²) in [6.45, 7) is 3.74. The van der Waals surface area contributed by atoms with Gasteiger partial charge in [0, 0.05) is 6.20 Å². The molecule has 6 heteroatoms. The van der Waals surface area contributed by atoms with Crippen LogP contribution in [-0.4, -0.2) is 23.0 Å². The van der Waals surface area contributed by atoms with Gasteiger partial charge in [0.05, 0.1) is 24.7 Å². The SMILES string of the molecule is COC(=O)c1sc(Nc2cncc(C)c2)nc1C. The Bertz CT molecular complexity index is 580. The molecular weight excluding hydrogens is 250 g/mol. The second kappa shape index (κ2) is 5.14. The van der Waals surface area contributed by atoms with Crippen LogP contribution in [0.1, 0.15) is 20.9 Å². The molecule has 0 fully saturated rings. The normalized spacial score (nSPS) is 10.2. The number of carbonyl (C=O) groups excluding carboxylic acids is 1. The fourth-order valence-corrected chi connectivity index (χ4v) is 2.38. The first-order valence-electron chi connectivity index (χ1n) is 5.34. The van der Waals surface area contributed by atoms with Gasteiger partial charge in [0.25, 0.3) is 0 Å². The number of aromatic nitrogens is 2. The molecule has 18 heavy (non-hydrogen) atoms. The van der Waals surface area contributed by atoms with Gasteiger partial charge in [-0.15, -0.1) is 0 Å². The molecular formula is C12H13N3O2S. The van der Waals surface area contributed by atoms with Crippen molar-refractivity contribution < 1.29 is 9.53 Å². The van der Waals surface area contributed by atoms with Gasteiger partial charge < -0.3 is 10.1 Å². The molecule has 2 aromatic heterocycles. The molecule has 2 rings (SSSR count). The molecule has 0 aromatic carbocycles.